The van der Waals surface area contributed by atoms with Gasteiger partial charge in [0.15, 0.2) is 0 Å². The Labute approximate surface area is 374 Å². The quantitative estimate of drug-likeness (QED) is 0.0341. The van der Waals surface area contributed by atoms with Gasteiger partial charge in [-0.1, -0.05) is 259 Å². The molecule has 0 bridgehead atoms. The van der Waals surface area contributed by atoms with Crippen LogP contribution in [0.2, 0.25) is 0 Å². The molecule has 0 aliphatic rings. The van der Waals surface area contributed by atoms with Gasteiger partial charge in [-0.3, -0.25) is 18.2 Å². The third-order valence-electron chi connectivity index (χ3n) is 10.6. The molecule has 0 saturated carbocycles. The Balaban J connectivity index is -0.000000425. The first-order valence-corrected chi connectivity index (χ1v) is 28.2. The van der Waals surface area contributed by atoms with Crippen molar-refractivity contribution in [3.8, 4) is 0 Å². The van der Waals surface area contributed by atoms with E-state index in [1.165, 1.54) is 257 Å². The zero-order valence-corrected chi connectivity index (χ0v) is 41.8. The first kappa shape index (κ1) is 66.3. The molecule has 0 radical (unpaired) electrons. The smallest absolute Gasteiger partial charge is 0.381 e. The van der Waals surface area contributed by atoms with Crippen molar-refractivity contribution >= 4 is 20.8 Å². The second-order valence-electron chi connectivity index (χ2n) is 16.8. The molecule has 10 nitrogen and oxygen atoms in total. The third-order valence-corrected chi connectivity index (χ3v) is 10.6. The Bertz CT molecular complexity index is 813. The van der Waals surface area contributed by atoms with Crippen molar-refractivity contribution in [3.05, 3.63) is 0 Å². The molecule has 0 spiro atoms. The second kappa shape index (κ2) is 58.7. The van der Waals surface area contributed by atoms with Crippen LogP contribution in [0.15, 0.2) is 0 Å². The summed E-state index contributed by atoms with van der Waals surface area (Å²) in [6, 6.07) is 0. The minimum absolute atomic E-state index is 0.994. The topological polar surface area (TPSA) is 168 Å². The van der Waals surface area contributed by atoms with Crippen molar-refractivity contribution in [2.24, 2.45) is 0 Å². The summed E-state index contributed by atoms with van der Waals surface area (Å²) < 4.78 is 74.7. The average Bonchev–Trinajstić information content (AvgIpc) is 3.18. The molecule has 0 aromatic carbocycles. The molecule has 0 heterocycles. The molecule has 0 aromatic rings. The lowest BCUT2D eigenvalue weighted by molar-refractivity contribution is 0.125. The monoisotopic (exact) mass is 905 g/mol. The van der Waals surface area contributed by atoms with E-state index in [-0.39, 0.29) is 0 Å². The number of unbranched alkanes of at least 4 members (excludes halogenated alkanes) is 36. The molecule has 0 aliphatic heterocycles. The molecule has 60 heavy (non-hydrogen) atoms. The highest BCUT2D eigenvalue weighted by Gasteiger charge is 1.97. The molecule has 12 heteroatoms. The van der Waals surface area contributed by atoms with Gasteiger partial charge in [-0.15, -0.1) is 0 Å². The van der Waals surface area contributed by atoms with E-state index in [1.807, 2.05) is 0 Å². The molecule has 368 valence electrons. The summed E-state index contributed by atoms with van der Waals surface area (Å²) in [6.07, 6.45) is 56.3. The van der Waals surface area contributed by atoms with Gasteiger partial charge in [0.05, 0.1) is 0 Å². The summed E-state index contributed by atoms with van der Waals surface area (Å²) in [5.74, 6) is 0. The van der Waals surface area contributed by atoms with Crippen molar-refractivity contribution in [3.63, 3.8) is 0 Å². The Morgan fingerprint density at radius 2 is 0.333 bits per heavy atom. The zero-order chi connectivity index (χ0) is 45.5. The minimum atomic E-state index is -4.67. The maximum absolute atomic E-state index is 8.74. The molecule has 0 atom stereocenters. The van der Waals surface area contributed by atoms with E-state index in [0.29, 0.717) is 0 Å². The Morgan fingerprint density at radius 3 is 0.450 bits per heavy atom. The highest BCUT2D eigenvalue weighted by molar-refractivity contribution is 7.80. The molecule has 0 fully saturated rings. The maximum Gasteiger partial charge on any atom is 0.394 e. The van der Waals surface area contributed by atoms with Crippen LogP contribution in [-0.4, -0.2) is 61.5 Å². The summed E-state index contributed by atoms with van der Waals surface area (Å²) >= 11 is 0. The van der Waals surface area contributed by atoms with Crippen molar-refractivity contribution in [2.45, 2.75) is 285 Å². The summed E-state index contributed by atoms with van der Waals surface area (Å²) in [4.78, 5) is 0. The van der Waals surface area contributed by atoms with Crippen LogP contribution in [0.3, 0.4) is 0 Å². The van der Waals surface area contributed by atoms with Gasteiger partial charge in [-0.25, -0.2) is 0 Å². The van der Waals surface area contributed by atoms with E-state index < -0.39 is 20.8 Å². The lowest BCUT2D eigenvalue weighted by Gasteiger charge is -2.05. The lowest BCUT2D eigenvalue weighted by atomic mass is 10.1. The van der Waals surface area contributed by atoms with Crippen molar-refractivity contribution in [1.29, 1.82) is 0 Å². The number of hydrogen-bond acceptors (Lipinski definition) is 6. The molecule has 0 saturated heterocycles. The molecular weight excluding hydrogens is 801 g/mol. The SMILES string of the molecule is CCCCCCCCCCCCOCCCCCCCCCCCC.CCCCCCCCCCCCOCCCCCCCCCCCC.O=S(=O)(O)O.O=S(=O)(O)O. The number of ether oxygens (including phenoxy) is 2. The standard InChI is InChI=1S/2C24H50O.2H2O4S/c2*1-3-5-7-9-11-13-15-17-19-21-23-25-24-22-20-18-16-14-12-10-8-6-4-2;2*1-5(2,3)4/h2*3-24H2,1-2H3;2*(H2,1,2,3,4). The van der Waals surface area contributed by atoms with Crippen LogP contribution >= 0.6 is 0 Å². The number of rotatable bonds is 44. The van der Waals surface area contributed by atoms with Gasteiger partial charge < -0.3 is 9.47 Å². The van der Waals surface area contributed by atoms with Crippen LogP contribution in [0, 0.1) is 0 Å². The predicted molar refractivity (Wildman–Crippen MR) is 257 cm³/mol. The molecule has 0 rings (SSSR count). The summed E-state index contributed by atoms with van der Waals surface area (Å²) in [5.41, 5.74) is 0. The lowest BCUT2D eigenvalue weighted by Crippen LogP contribution is -1.97. The fourth-order valence-electron chi connectivity index (χ4n) is 6.97. The summed E-state index contributed by atoms with van der Waals surface area (Å²) in [6.45, 7) is 13.1. The first-order chi connectivity index (χ1) is 28.8. The highest BCUT2D eigenvalue weighted by atomic mass is 32.3. The van der Waals surface area contributed by atoms with E-state index in [2.05, 4.69) is 27.7 Å². The van der Waals surface area contributed by atoms with Crippen LogP contribution < -0.4 is 0 Å². The Morgan fingerprint density at radius 1 is 0.233 bits per heavy atom. The van der Waals surface area contributed by atoms with Gasteiger partial charge in [0.2, 0.25) is 0 Å². The second-order valence-corrected chi connectivity index (χ2v) is 18.6. The fraction of sp³-hybridized carbons (Fsp3) is 1.00. The average molecular weight is 905 g/mol. The van der Waals surface area contributed by atoms with Crippen LogP contribution in [-0.2, 0) is 30.3 Å². The van der Waals surface area contributed by atoms with Crippen molar-refractivity contribution in [2.75, 3.05) is 26.4 Å². The van der Waals surface area contributed by atoms with E-state index in [0.717, 1.165) is 26.4 Å². The third kappa shape index (κ3) is 97.1. The maximum atomic E-state index is 8.74. The highest BCUT2D eigenvalue weighted by Crippen LogP contribution is 2.14. The first-order valence-electron chi connectivity index (χ1n) is 25.4. The molecule has 0 aliphatic carbocycles. The molecule has 0 amide bonds. The minimum Gasteiger partial charge on any atom is -0.381 e. The summed E-state index contributed by atoms with van der Waals surface area (Å²) in [5, 5.41) is 0. The van der Waals surface area contributed by atoms with Crippen LogP contribution in [0.1, 0.15) is 285 Å². The molecular formula is C48H104O10S2. The van der Waals surface area contributed by atoms with Gasteiger partial charge in [-0.05, 0) is 25.7 Å². The van der Waals surface area contributed by atoms with E-state index in [9.17, 15) is 0 Å². The largest absolute Gasteiger partial charge is 0.394 e. The van der Waals surface area contributed by atoms with E-state index >= 15 is 0 Å². The van der Waals surface area contributed by atoms with Gasteiger partial charge >= 0.3 is 20.8 Å². The van der Waals surface area contributed by atoms with Crippen molar-refractivity contribution < 1.29 is 44.5 Å². The number of hydrogen-bond donors (Lipinski definition) is 4. The Kier molecular flexibility index (Phi) is 64.8. The zero-order valence-electron chi connectivity index (χ0n) is 40.2. The van der Waals surface area contributed by atoms with Crippen LogP contribution in [0.5, 0.6) is 0 Å². The predicted octanol–water partition coefficient (Wildman–Crippen LogP) is 16.4. The van der Waals surface area contributed by atoms with E-state index in [4.69, 9.17) is 44.5 Å². The van der Waals surface area contributed by atoms with Gasteiger partial charge in [0, 0.05) is 26.4 Å². The van der Waals surface area contributed by atoms with Crippen LogP contribution in [0.25, 0.3) is 0 Å². The normalized spacial score (nSPS) is 11.3. The Hall–Kier alpha value is -0.340. The van der Waals surface area contributed by atoms with Gasteiger partial charge in [-0.2, -0.15) is 16.8 Å². The molecule has 0 unspecified atom stereocenters. The van der Waals surface area contributed by atoms with Crippen LogP contribution in [0.4, 0.5) is 0 Å². The van der Waals surface area contributed by atoms with Gasteiger partial charge in [0.1, 0.15) is 0 Å². The van der Waals surface area contributed by atoms with Gasteiger partial charge in [0.25, 0.3) is 0 Å². The molecule has 4 N–H and O–H groups in total. The fourth-order valence-corrected chi connectivity index (χ4v) is 6.97. The van der Waals surface area contributed by atoms with E-state index in [1.54, 1.807) is 0 Å². The summed E-state index contributed by atoms with van der Waals surface area (Å²) in [7, 11) is -9.33. The molecule has 0 aromatic heterocycles. The van der Waals surface area contributed by atoms with Crippen molar-refractivity contribution in [1.82, 2.24) is 0 Å².